The highest BCUT2D eigenvalue weighted by atomic mass is 15.4. The van der Waals surface area contributed by atoms with Crippen molar-refractivity contribution in [2.24, 2.45) is 4.99 Å². The van der Waals surface area contributed by atoms with Gasteiger partial charge in [-0.1, -0.05) is 43.5 Å². The molecule has 0 atom stereocenters. The summed E-state index contributed by atoms with van der Waals surface area (Å²) >= 11 is 0. The van der Waals surface area contributed by atoms with E-state index in [9.17, 15) is 0 Å². The molecule has 1 fully saturated rings. The van der Waals surface area contributed by atoms with Crippen LogP contribution >= 0.6 is 0 Å². The number of hydrogen-bond donors (Lipinski definition) is 1. The van der Waals surface area contributed by atoms with Gasteiger partial charge in [0, 0.05) is 17.8 Å². The van der Waals surface area contributed by atoms with Gasteiger partial charge in [0.05, 0.1) is 11.2 Å². The molecule has 3 aromatic rings. The highest BCUT2D eigenvalue weighted by Crippen LogP contribution is 2.41. The van der Waals surface area contributed by atoms with E-state index in [0.29, 0.717) is 6.04 Å². The van der Waals surface area contributed by atoms with Crippen LogP contribution < -0.4 is 10.2 Å². The number of para-hydroxylation sites is 1. The first kappa shape index (κ1) is 18.2. The predicted octanol–water partition coefficient (Wildman–Crippen LogP) is 5.72. The summed E-state index contributed by atoms with van der Waals surface area (Å²) in [4.78, 5) is 12.7. The maximum atomic E-state index is 5.16. The Kier molecular flexibility index (Phi) is 4.34. The summed E-state index contributed by atoms with van der Waals surface area (Å²) in [5.74, 6) is 2.06. The fraction of sp³-hybridized carbons (Fsp3) is 0.417. The van der Waals surface area contributed by atoms with Crippen LogP contribution in [0.15, 0.2) is 53.7 Å². The van der Waals surface area contributed by atoms with Crippen molar-refractivity contribution in [3.8, 4) is 11.3 Å². The van der Waals surface area contributed by atoms with Gasteiger partial charge in [-0.2, -0.15) is 0 Å². The van der Waals surface area contributed by atoms with Gasteiger partial charge in [-0.05, 0) is 51.8 Å². The third-order valence-corrected chi connectivity index (χ3v) is 5.77. The number of aliphatic imine (C=N–C) groups is 1. The zero-order valence-electron chi connectivity index (χ0n) is 17.5. The van der Waals surface area contributed by atoms with Gasteiger partial charge >= 0.3 is 0 Å². The van der Waals surface area contributed by atoms with Crippen LogP contribution in [-0.2, 0) is 0 Å². The van der Waals surface area contributed by atoms with Crippen molar-refractivity contribution in [1.82, 2.24) is 9.38 Å². The Hall–Kier alpha value is -2.82. The molecule has 1 aromatic carbocycles. The molecule has 0 unspecified atom stereocenters. The minimum absolute atomic E-state index is 0.185. The Bertz CT molecular complexity index is 1070. The highest BCUT2D eigenvalue weighted by Gasteiger charge is 2.34. The number of fused-ring (bicyclic) bond motifs is 5. The minimum Gasteiger partial charge on any atom is -0.325 e. The molecule has 5 heteroatoms. The van der Waals surface area contributed by atoms with Gasteiger partial charge in [-0.3, -0.25) is 9.30 Å². The molecular weight excluding hydrogens is 358 g/mol. The molecule has 5 rings (SSSR count). The Morgan fingerprint density at radius 1 is 1.00 bits per heavy atom. The first-order chi connectivity index (χ1) is 14.0. The Morgan fingerprint density at radius 2 is 1.76 bits per heavy atom. The van der Waals surface area contributed by atoms with Gasteiger partial charge < -0.3 is 5.32 Å². The fourth-order valence-electron chi connectivity index (χ4n) is 4.56. The molecule has 1 aliphatic heterocycles. The van der Waals surface area contributed by atoms with Crippen LogP contribution in [0.1, 0.15) is 52.9 Å². The smallest absolute Gasteiger partial charge is 0.205 e. The monoisotopic (exact) mass is 387 g/mol. The van der Waals surface area contributed by atoms with Gasteiger partial charge in [-0.25, -0.2) is 9.98 Å². The topological polar surface area (TPSA) is 44.9 Å². The predicted molar refractivity (Wildman–Crippen MR) is 121 cm³/mol. The van der Waals surface area contributed by atoms with Crippen LogP contribution in [0.4, 0.5) is 11.5 Å². The van der Waals surface area contributed by atoms with E-state index in [1.54, 1.807) is 0 Å². The molecule has 0 saturated heterocycles. The van der Waals surface area contributed by atoms with E-state index in [2.05, 4.69) is 84.1 Å². The number of guanidine groups is 1. The summed E-state index contributed by atoms with van der Waals surface area (Å²) in [7, 11) is 0. The molecule has 150 valence electrons. The maximum absolute atomic E-state index is 5.16. The summed E-state index contributed by atoms with van der Waals surface area (Å²) in [5, 5.41) is 3.68. The van der Waals surface area contributed by atoms with Gasteiger partial charge in [0.25, 0.3) is 0 Å². The standard InChI is InChI=1S/C24H29N5/c1-24(2,3)27-23-25-19-14-8-7-13-18(19)21-22(28-16-10-9-15-20(28)26-21)29(23)17-11-5-4-6-12-17/h7-10,13-17H,4-6,11-12H2,1-3H3,(H,25,27). The molecule has 0 amide bonds. The molecular formula is C24H29N5. The largest absolute Gasteiger partial charge is 0.325 e. The second-order valence-electron chi connectivity index (χ2n) is 9.15. The summed E-state index contributed by atoms with van der Waals surface area (Å²) < 4.78 is 2.23. The molecule has 2 aliphatic rings. The van der Waals surface area contributed by atoms with E-state index < -0.39 is 0 Å². The molecule has 0 spiro atoms. The first-order valence-electron chi connectivity index (χ1n) is 10.7. The van der Waals surface area contributed by atoms with Crippen molar-refractivity contribution in [2.75, 3.05) is 10.2 Å². The summed E-state index contributed by atoms with van der Waals surface area (Å²) in [6.07, 6.45) is 8.34. The molecule has 3 heterocycles. The summed E-state index contributed by atoms with van der Waals surface area (Å²) in [6, 6.07) is 15.1. The van der Waals surface area contributed by atoms with Crippen LogP contribution in [-0.4, -0.2) is 26.9 Å². The normalized spacial score (nSPS) is 19.0. The average molecular weight is 388 g/mol. The lowest BCUT2D eigenvalue weighted by atomic mass is 9.94. The molecule has 1 aliphatic carbocycles. The van der Waals surface area contributed by atoms with Crippen molar-refractivity contribution in [1.29, 1.82) is 0 Å². The number of nitrogens with one attached hydrogen (secondary N) is 1. The lowest BCUT2D eigenvalue weighted by molar-refractivity contribution is 0.437. The Balaban J connectivity index is 1.82. The SMILES string of the molecule is CC(C)(C)N=C1Nc2ccccc2-c2nc3ccccn3c2N1C1CCCCC1. The molecule has 5 nitrogen and oxygen atoms in total. The van der Waals surface area contributed by atoms with Gasteiger partial charge in [0.2, 0.25) is 5.96 Å². The lowest BCUT2D eigenvalue weighted by Crippen LogP contribution is -2.46. The number of benzene rings is 1. The van der Waals surface area contributed by atoms with E-state index in [4.69, 9.17) is 9.98 Å². The minimum atomic E-state index is -0.185. The fourth-order valence-corrected chi connectivity index (χ4v) is 4.56. The zero-order chi connectivity index (χ0) is 20.0. The Morgan fingerprint density at radius 3 is 2.55 bits per heavy atom. The van der Waals surface area contributed by atoms with Crippen LogP contribution in [0.25, 0.3) is 16.9 Å². The highest BCUT2D eigenvalue weighted by molar-refractivity contribution is 6.12. The van der Waals surface area contributed by atoms with Gasteiger partial charge in [-0.15, -0.1) is 0 Å². The number of hydrogen-bond acceptors (Lipinski definition) is 2. The van der Waals surface area contributed by atoms with Crippen LogP contribution in [0.5, 0.6) is 0 Å². The summed E-state index contributed by atoms with van der Waals surface area (Å²) in [5.41, 5.74) is 4.02. The molecule has 2 aromatic heterocycles. The van der Waals surface area contributed by atoms with Crippen LogP contribution in [0, 0.1) is 0 Å². The number of anilines is 2. The molecule has 1 saturated carbocycles. The Labute approximate surface area is 172 Å². The summed E-state index contributed by atoms with van der Waals surface area (Å²) in [6.45, 7) is 6.48. The molecule has 1 N–H and O–H groups in total. The quantitative estimate of drug-likeness (QED) is 0.581. The lowest BCUT2D eigenvalue weighted by Gasteiger charge is -2.36. The van der Waals surface area contributed by atoms with Crippen LogP contribution in [0.2, 0.25) is 0 Å². The van der Waals surface area contributed by atoms with Gasteiger partial charge in [0.1, 0.15) is 17.2 Å². The van der Waals surface area contributed by atoms with Crippen molar-refractivity contribution in [2.45, 2.75) is 64.5 Å². The van der Waals surface area contributed by atoms with Crippen molar-refractivity contribution >= 4 is 23.1 Å². The first-order valence-corrected chi connectivity index (χ1v) is 10.7. The van der Waals surface area contributed by atoms with Crippen LogP contribution in [0.3, 0.4) is 0 Å². The molecule has 29 heavy (non-hydrogen) atoms. The number of imidazole rings is 1. The van der Waals surface area contributed by atoms with Crippen molar-refractivity contribution in [3.05, 3.63) is 48.7 Å². The van der Waals surface area contributed by atoms with Gasteiger partial charge in [0.15, 0.2) is 0 Å². The van der Waals surface area contributed by atoms with E-state index in [1.165, 1.54) is 32.1 Å². The number of pyridine rings is 1. The third kappa shape index (κ3) is 3.28. The van der Waals surface area contributed by atoms with Crippen molar-refractivity contribution < 1.29 is 0 Å². The number of rotatable bonds is 1. The van der Waals surface area contributed by atoms with Crippen molar-refractivity contribution in [3.63, 3.8) is 0 Å². The van der Waals surface area contributed by atoms with E-state index in [-0.39, 0.29) is 5.54 Å². The van der Waals surface area contributed by atoms with E-state index in [0.717, 1.165) is 34.4 Å². The molecule has 0 bridgehead atoms. The number of nitrogens with zero attached hydrogens (tertiary/aromatic N) is 4. The second kappa shape index (κ2) is 6.90. The molecule has 0 radical (unpaired) electrons. The maximum Gasteiger partial charge on any atom is 0.205 e. The number of aromatic nitrogens is 2. The third-order valence-electron chi connectivity index (χ3n) is 5.77. The zero-order valence-corrected chi connectivity index (χ0v) is 17.5. The average Bonchev–Trinajstić information content (AvgIpc) is 3.01. The van der Waals surface area contributed by atoms with E-state index in [1.807, 2.05) is 0 Å². The second-order valence-corrected chi connectivity index (χ2v) is 9.15. The van der Waals surface area contributed by atoms with E-state index >= 15 is 0 Å².